The van der Waals surface area contributed by atoms with Crippen LogP contribution >= 0.6 is 11.8 Å². The fourth-order valence-electron chi connectivity index (χ4n) is 2.39. The number of benzene rings is 1. The molecule has 2 aromatic rings. The second-order valence-electron chi connectivity index (χ2n) is 4.92. The molecule has 1 aliphatic rings. The monoisotopic (exact) mass is 305 g/mol. The third-order valence-electron chi connectivity index (χ3n) is 3.50. The summed E-state index contributed by atoms with van der Waals surface area (Å²) in [7, 11) is 0. The number of fused-ring (bicyclic) bond motifs is 1. The number of carbonyl (C=O) groups excluding carboxylic acids is 1. The number of hydrogen-bond donors (Lipinski definition) is 2. The highest BCUT2D eigenvalue weighted by atomic mass is 32.2. The van der Waals surface area contributed by atoms with Crippen molar-refractivity contribution in [2.24, 2.45) is 0 Å². The van der Waals surface area contributed by atoms with Gasteiger partial charge in [0.1, 0.15) is 11.9 Å². The van der Waals surface area contributed by atoms with Crippen LogP contribution < -0.4 is 0 Å². The summed E-state index contributed by atoms with van der Waals surface area (Å²) in [5, 5.41) is 9.09. The number of aryl methyl sites for hydroxylation is 1. The number of amides is 1. The number of hydrogen-bond acceptors (Lipinski definition) is 4. The van der Waals surface area contributed by atoms with Crippen LogP contribution in [-0.2, 0) is 16.0 Å². The SMILES string of the molecule is O=C(O)[C@@H]1CSCN1C(=O)CCc1nc2ccccc2[nH]1. The molecule has 0 radical (unpaired) electrons. The summed E-state index contributed by atoms with van der Waals surface area (Å²) in [6.07, 6.45) is 0.755. The zero-order valence-electron chi connectivity index (χ0n) is 11.3. The number of carboxylic acids is 1. The lowest BCUT2D eigenvalue weighted by atomic mass is 10.2. The van der Waals surface area contributed by atoms with Gasteiger partial charge in [0.2, 0.25) is 5.91 Å². The highest BCUT2D eigenvalue weighted by molar-refractivity contribution is 7.99. The van der Waals surface area contributed by atoms with Crippen molar-refractivity contribution in [2.75, 3.05) is 11.6 Å². The molecule has 110 valence electrons. The van der Waals surface area contributed by atoms with Gasteiger partial charge in [-0.2, -0.15) is 0 Å². The van der Waals surface area contributed by atoms with Gasteiger partial charge >= 0.3 is 5.97 Å². The number of H-pyrrole nitrogens is 1. The molecule has 1 amide bonds. The highest BCUT2D eigenvalue weighted by Crippen LogP contribution is 2.22. The number of para-hydroxylation sites is 2. The number of aliphatic carboxylic acids is 1. The van der Waals surface area contributed by atoms with Crippen LogP contribution in [0.15, 0.2) is 24.3 Å². The number of imidazole rings is 1. The van der Waals surface area contributed by atoms with Crippen molar-refractivity contribution in [2.45, 2.75) is 18.9 Å². The van der Waals surface area contributed by atoms with Crippen molar-refractivity contribution in [1.29, 1.82) is 0 Å². The molecule has 6 nitrogen and oxygen atoms in total. The Morgan fingerprint density at radius 1 is 1.43 bits per heavy atom. The predicted octanol–water partition coefficient (Wildman–Crippen LogP) is 1.48. The molecule has 1 aromatic heterocycles. The summed E-state index contributed by atoms with van der Waals surface area (Å²) < 4.78 is 0. The minimum Gasteiger partial charge on any atom is -0.480 e. The number of nitrogens with zero attached hydrogens (tertiary/aromatic N) is 2. The largest absolute Gasteiger partial charge is 0.480 e. The van der Waals surface area contributed by atoms with Gasteiger partial charge in [-0.15, -0.1) is 11.8 Å². The van der Waals surface area contributed by atoms with Gasteiger partial charge in [0, 0.05) is 18.6 Å². The zero-order valence-corrected chi connectivity index (χ0v) is 12.1. The summed E-state index contributed by atoms with van der Waals surface area (Å²) in [4.78, 5) is 32.3. The van der Waals surface area contributed by atoms with Crippen molar-refractivity contribution in [1.82, 2.24) is 14.9 Å². The van der Waals surface area contributed by atoms with Gasteiger partial charge in [-0.25, -0.2) is 9.78 Å². The topological polar surface area (TPSA) is 86.3 Å². The van der Waals surface area contributed by atoms with Crippen LogP contribution in [0.25, 0.3) is 11.0 Å². The molecule has 1 fully saturated rings. The van der Waals surface area contributed by atoms with Gasteiger partial charge < -0.3 is 15.0 Å². The lowest BCUT2D eigenvalue weighted by Gasteiger charge is -2.20. The average Bonchev–Trinajstić information content (AvgIpc) is 3.10. The van der Waals surface area contributed by atoms with Crippen molar-refractivity contribution in [3.8, 4) is 0 Å². The molecule has 0 aliphatic carbocycles. The molecule has 0 spiro atoms. The van der Waals surface area contributed by atoms with Gasteiger partial charge in [0.25, 0.3) is 0 Å². The second-order valence-corrected chi connectivity index (χ2v) is 5.92. The van der Waals surface area contributed by atoms with Gasteiger partial charge in [-0.1, -0.05) is 12.1 Å². The van der Waals surface area contributed by atoms with Crippen molar-refractivity contribution >= 4 is 34.7 Å². The maximum atomic E-state index is 12.2. The number of aromatic nitrogens is 2. The molecule has 0 saturated carbocycles. The third kappa shape index (κ3) is 2.87. The van der Waals surface area contributed by atoms with E-state index in [0.29, 0.717) is 18.1 Å². The lowest BCUT2D eigenvalue weighted by molar-refractivity contribution is -0.147. The van der Waals surface area contributed by atoms with Crippen LogP contribution in [0.3, 0.4) is 0 Å². The first-order valence-corrected chi connectivity index (χ1v) is 7.84. The molecule has 1 saturated heterocycles. The molecule has 7 heteroatoms. The summed E-state index contributed by atoms with van der Waals surface area (Å²) in [5.74, 6) is 0.606. The van der Waals surface area contributed by atoms with Gasteiger partial charge in [-0.3, -0.25) is 4.79 Å². The average molecular weight is 305 g/mol. The van der Waals surface area contributed by atoms with E-state index in [1.165, 1.54) is 16.7 Å². The zero-order chi connectivity index (χ0) is 14.8. The number of thioether (sulfide) groups is 1. The van der Waals surface area contributed by atoms with Crippen molar-refractivity contribution in [3.05, 3.63) is 30.1 Å². The second kappa shape index (κ2) is 5.77. The number of nitrogens with one attached hydrogen (secondary N) is 1. The molecule has 21 heavy (non-hydrogen) atoms. The fourth-order valence-corrected chi connectivity index (χ4v) is 3.56. The first-order chi connectivity index (χ1) is 10.1. The fraction of sp³-hybridized carbons (Fsp3) is 0.357. The smallest absolute Gasteiger partial charge is 0.327 e. The van der Waals surface area contributed by atoms with E-state index >= 15 is 0 Å². The summed E-state index contributed by atoms with van der Waals surface area (Å²) in [5.41, 5.74) is 1.82. The quantitative estimate of drug-likeness (QED) is 0.893. The molecule has 3 rings (SSSR count). The van der Waals surface area contributed by atoms with Gasteiger partial charge in [-0.05, 0) is 12.1 Å². The van der Waals surface area contributed by atoms with Crippen molar-refractivity contribution in [3.63, 3.8) is 0 Å². The molecular formula is C14H15N3O3S. The van der Waals surface area contributed by atoms with E-state index in [1.54, 1.807) is 0 Å². The Hall–Kier alpha value is -2.02. The minimum absolute atomic E-state index is 0.132. The Balaban J connectivity index is 1.64. The molecule has 1 aliphatic heterocycles. The van der Waals surface area contributed by atoms with Gasteiger partial charge in [0.15, 0.2) is 0 Å². The Kier molecular flexibility index (Phi) is 3.83. The molecule has 0 bridgehead atoms. The van der Waals surface area contributed by atoms with E-state index in [4.69, 9.17) is 5.11 Å². The maximum absolute atomic E-state index is 12.2. The summed E-state index contributed by atoms with van der Waals surface area (Å²) in [6.45, 7) is 0. The van der Waals surface area contributed by atoms with Crippen molar-refractivity contribution < 1.29 is 14.7 Å². The summed E-state index contributed by atoms with van der Waals surface area (Å²) >= 11 is 1.47. The standard InChI is InChI=1S/C14H15N3O3S/c18-13(17-8-21-7-11(17)14(19)20)6-5-12-15-9-3-1-2-4-10(9)16-12/h1-4,11H,5-8H2,(H,15,16)(H,19,20)/t11-/m0/s1. The van der Waals surface area contributed by atoms with Crippen LogP contribution in [0.5, 0.6) is 0 Å². The molecule has 0 unspecified atom stereocenters. The number of carbonyl (C=O) groups is 2. The minimum atomic E-state index is -0.933. The normalized spacial score (nSPS) is 18.3. The molecule has 2 heterocycles. The lowest BCUT2D eigenvalue weighted by Crippen LogP contribution is -2.41. The highest BCUT2D eigenvalue weighted by Gasteiger charge is 2.34. The van der Waals surface area contributed by atoms with E-state index in [0.717, 1.165) is 16.9 Å². The van der Waals surface area contributed by atoms with E-state index in [-0.39, 0.29) is 12.3 Å². The first kappa shape index (κ1) is 13.9. The molecule has 1 atom stereocenters. The predicted molar refractivity (Wildman–Crippen MR) is 80.0 cm³/mol. The Labute approximate surface area is 125 Å². The molecular weight excluding hydrogens is 290 g/mol. The third-order valence-corrected chi connectivity index (χ3v) is 4.51. The number of aromatic amines is 1. The summed E-state index contributed by atoms with van der Waals surface area (Å²) in [6, 6.07) is 6.99. The van der Waals surface area contributed by atoms with Crippen LogP contribution in [0, 0.1) is 0 Å². The van der Waals surface area contributed by atoms with Crippen LogP contribution in [0.2, 0.25) is 0 Å². The first-order valence-electron chi connectivity index (χ1n) is 6.69. The maximum Gasteiger partial charge on any atom is 0.327 e. The van der Waals surface area contributed by atoms with E-state index in [1.807, 2.05) is 24.3 Å². The van der Waals surface area contributed by atoms with E-state index in [2.05, 4.69) is 9.97 Å². The Bertz CT molecular complexity index is 652. The number of carboxylic acid groups (broad SMARTS) is 1. The van der Waals surface area contributed by atoms with Crippen LogP contribution in [0.1, 0.15) is 12.2 Å². The number of rotatable bonds is 4. The van der Waals surface area contributed by atoms with Gasteiger partial charge in [0.05, 0.1) is 16.9 Å². The van der Waals surface area contributed by atoms with E-state index in [9.17, 15) is 9.59 Å². The van der Waals surface area contributed by atoms with Crippen LogP contribution in [0.4, 0.5) is 0 Å². The Morgan fingerprint density at radius 3 is 3.00 bits per heavy atom. The molecule has 2 N–H and O–H groups in total. The van der Waals surface area contributed by atoms with Crippen LogP contribution in [-0.4, -0.2) is 49.5 Å². The Morgan fingerprint density at radius 2 is 2.24 bits per heavy atom. The van der Waals surface area contributed by atoms with E-state index < -0.39 is 12.0 Å². The molecule has 1 aromatic carbocycles.